The average Bonchev–Trinajstić information content (AvgIpc) is 3.10. The van der Waals surface area contributed by atoms with Crippen LogP contribution in [-0.2, 0) is 11.2 Å². The number of benzene rings is 2. The highest BCUT2D eigenvalue weighted by molar-refractivity contribution is 7.18. The lowest BCUT2D eigenvalue weighted by atomic mass is 9.99. The van der Waals surface area contributed by atoms with Crippen molar-refractivity contribution in [3.63, 3.8) is 0 Å². The molecular formula is C21H20N2OS. The highest BCUT2D eigenvalue weighted by atomic mass is 32.1. The number of fused-ring (bicyclic) bond motifs is 1. The fourth-order valence-corrected chi connectivity index (χ4v) is 4.18. The standard InChI is InChI=1S/C21H20N2OS/c24-21(11-10-20-22-18-8-4-5-9-19(18)25-20)23-14-12-17(13-15-23)16-6-2-1-3-7-16/h1-9,12H,10-11,13-15H2. The quantitative estimate of drug-likeness (QED) is 0.693. The maximum Gasteiger partial charge on any atom is 0.223 e. The molecule has 4 heteroatoms. The van der Waals surface area contributed by atoms with Crippen LogP contribution in [0.3, 0.4) is 0 Å². The first kappa shape index (κ1) is 16.0. The Labute approximate surface area is 151 Å². The van der Waals surface area contributed by atoms with Gasteiger partial charge < -0.3 is 4.90 Å². The zero-order valence-electron chi connectivity index (χ0n) is 14.0. The lowest BCUT2D eigenvalue weighted by Crippen LogP contribution is -2.34. The molecule has 0 N–H and O–H groups in total. The molecule has 0 saturated carbocycles. The van der Waals surface area contributed by atoms with Crippen molar-refractivity contribution in [2.45, 2.75) is 19.3 Å². The second-order valence-corrected chi connectivity index (χ2v) is 7.38. The molecule has 25 heavy (non-hydrogen) atoms. The van der Waals surface area contributed by atoms with E-state index in [9.17, 15) is 4.79 Å². The molecule has 3 aromatic rings. The number of aryl methyl sites for hydroxylation is 1. The number of para-hydroxylation sites is 1. The predicted molar refractivity (Wildman–Crippen MR) is 104 cm³/mol. The number of aromatic nitrogens is 1. The van der Waals surface area contributed by atoms with Gasteiger partial charge in [-0.2, -0.15) is 0 Å². The molecule has 4 rings (SSSR count). The summed E-state index contributed by atoms with van der Waals surface area (Å²) < 4.78 is 1.19. The van der Waals surface area contributed by atoms with E-state index in [0.29, 0.717) is 13.0 Å². The summed E-state index contributed by atoms with van der Waals surface area (Å²) in [5.41, 5.74) is 3.64. The molecular weight excluding hydrogens is 328 g/mol. The van der Waals surface area contributed by atoms with Crippen LogP contribution in [0.2, 0.25) is 0 Å². The Balaban J connectivity index is 1.35. The molecule has 2 heterocycles. The molecule has 2 aromatic carbocycles. The van der Waals surface area contributed by atoms with Gasteiger partial charge in [0, 0.05) is 25.9 Å². The molecule has 1 amide bonds. The van der Waals surface area contributed by atoms with Crippen LogP contribution in [0.4, 0.5) is 0 Å². The van der Waals surface area contributed by atoms with Gasteiger partial charge in [0.1, 0.15) is 0 Å². The second-order valence-electron chi connectivity index (χ2n) is 6.26. The number of thiazole rings is 1. The summed E-state index contributed by atoms with van der Waals surface area (Å²) in [6.07, 6.45) is 4.38. The lowest BCUT2D eigenvalue weighted by Gasteiger charge is -2.26. The monoisotopic (exact) mass is 348 g/mol. The van der Waals surface area contributed by atoms with Gasteiger partial charge in [0.2, 0.25) is 5.91 Å². The molecule has 1 aliphatic heterocycles. The van der Waals surface area contributed by atoms with Gasteiger partial charge in [-0.3, -0.25) is 4.79 Å². The smallest absolute Gasteiger partial charge is 0.223 e. The summed E-state index contributed by atoms with van der Waals surface area (Å²) in [6.45, 7) is 1.52. The van der Waals surface area contributed by atoms with Gasteiger partial charge >= 0.3 is 0 Å². The topological polar surface area (TPSA) is 33.2 Å². The highest BCUT2D eigenvalue weighted by Crippen LogP contribution is 2.24. The van der Waals surface area contributed by atoms with Crippen molar-refractivity contribution >= 4 is 33.0 Å². The molecule has 0 unspecified atom stereocenters. The average molecular weight is 348 g/mol. The van der Waals surface area contributed by atoms with E-state index in [1.807, 2.05) is 29.2 Å². The molecule has 126 valence electrons. The van der Waals surface area contributed by atoms with E-state index >= 15 is 0 Å². The van der Waals surface area contributed by atoms with Gasteiger partial charge in [-0.1, -0.05) is 48.5 Å². The molecule has 0 bridgehead atoms. The van der Waals surface area contributed by atoms with Gasteiger partial charge in [0.05, 0.1) is 15.2 Å². The molecule has 1 aliphatic rings. The van der Waals surface area contributed by atoms with Gasteiger partial charge in [-0.25, -0.2) is 4.98 Å². The van der Waals surface area contributed by atoms with Crippen molar-refractivity contribution in [3.05, 3.63) is 71.2 Å². The number of amides is 1. The van der Waals surface area contributed by atoms with E-state index in [1.165, 1.54) is 15.8 Å². The van der Waals surface area contributed by atoms with E-state index in [0.717, 1.165) is 29.9 Å². The summed E-state index contributed by atoms with van der Waals surface area (Å²) in [5, 5.41) is 1.05. The van der Waals surface area contributed by atoms with Gasteiger partial charge in [-0.05, 0) is 29.7 Å². The predicted octanol–water partition coefficient (Wildman–Crippen LogP) is 4.54. The number of hydrogen-bond donors (Lipinski definition) is 0. The fourth-order valence-electron chi connectivity index (χ4n) is 3.21. The van der Waals surface area contributed by atoms with E-state index in [2.05, 4.69) is 41.4 Å². The van der Waals surface area contributed by atoms with Crippen LogP contribution in [0.25, 0.3) is 15.8 Å². The molecule has 0 fully saturated rings. The zero-order valence-corrected chi connectivity index (χ0v) is 14.8. The number of carbonyl (C=O) groups excluding carboxylic acids is 1. The summed E-state index contributed by atoms with van der Waals surface area (Å²) in [7, 11) is 0. The first-order valence-corrected chi connectivity index (χ1v) is 9.48. The Morgan fingerprint density at radius 3 is 2.64 bits per heavy atom. The molecule has 1 aromatic heterocycles. The minimum atomic E-state index is 0.225. The van der Waals surface area contributed by atoms with Crippen LogP contribution < -0.4 is 0 Å². The molecule has 3 nitrogen and oxygen atoms in total. The third-order valence-corrected chi connectivity index (χ3v) is 5.69. The molecule has 0 saturated heterocycles. The number of nitrogens with zero attached hydrogens (tertiary/aromatic N) is 2. The first-order valence-electron chi connectivity index (χ1n) is 8.66. The van der Waals surface area contributed by atoms with Crippen LogP contribution in [0.15, 0.2) is 60.7 Å². The van der Waals surface area contributed by atoms with Crippen molar-refractivity contribution < 1.29 is 4.79 Å². The number of carbonyl (C=O) groups is 1. The third kappa shape index (κ3) is 3.64. The second kappa shape index (κ2) is 7.19. The first-order chi connectivity index (χ1) is 12.3. The molecule has 0 radical (unpaired) electrons. The van der Waals surface area contributed by atoms with Crippen molar-refractivity contribution in [2.75, 3.05) is 13.1 Å². The zero-order chi connectivity index (χ0) is 17.1. The van der Waals surface area contributed by atoms with Crippen LogP contribution in [0.5, 0.6) is 0 Å². The maximum absolute atomic E-state index is 12.5. The Hall–Kier alpha value is -2.46. The Kier molecular flexibility index (Phi) is 4.61. The minimum Gasteiger partial charge on any atom is -0.339 e. The normalized spacial score (nSPS) is 14.6. The van der Waals surface area contributed by atoms with E-state index in [-0.39, 0.29) is 5.91 Å². The van der Waals surface area contributed by atoms with Crippen LogP contribution in [-0.4, -0.2) is 28.9 Å². The SMILES string of the molecule is O=C(CCc1nc2ccccc2s1)N1CC=C(c2ccccc2)CC1. The summed E-state index contributed by atoms with van der Waals surface area (Å²) in [4.78, 5) is 19.1. The molecule has 0 aliphatic carbocycles. The lowest BCUT2D eigenvalue weighted by molar-refractivity contribution is -0.130. The van der Waals surface area contributed by atoms with Crippen molar-refractivity contribution in [1.29, 1.82) is 0 Å². The van der Waals surface area contributed by atoms with E-state index in [4.69, 9.17) is 0 Å². The summed E-state index contributed by atoms with van der Waals surface area (Å²) >= 11 is 1.69. The Morgan fingerprint density at radius 2 is 1.88 bits per heavy atom. The van der Waals surface area contributed by atoms with Crippen LogP contribution in [0, 0.1) is 0 Å². The largest absolute Gasteiger partial charge is 0.339 e. The molecule has 0 spiro atoms. The Morgan fingerprint density at radius 1 is 1.08 bits per heavy atom. The van der Waals surface area contributed by atoms with Crippen molar-refractivity contribution in [2.24, 2.45) is 0 Å². The van der Waals surface area contributed by atoms with Gasteiger partial charge in [0.15, 0.2) is 0 Å². The molecule has 0 atom stereocenters. The Bertz CT molecular complexity index is 881. The minimum absolute atomic E-state index is 0.225. The van der Waals surface area contributed by atoms with Crippen molar-refractivity contribution in [3.8, 4) is 0 Å². The number of rotatable bonds is 4. The van der Waals surface area contributed by atoms with E-state index < -0.39 is 0 Å². The van der Waals surface area contributed by atoms with Gasteiger partial charge in [0.25, 0.3) is 0 Å². The van der Waals surface area contributed by atoms with Crippen molar-refractivity contribution in [1.82, 2.24) is 9.88 Å². The van der Waals surface area contributed by atoms with Gasteiger partial charge in [-0.15, -0.1) is 11.3 Å². The number of hydrogen-bond acceptors (Lipinski definition) is 3. The summed E-state index contributed by atoms with van der Waals surface area (Å²) in [5.74, 6) is 0.225. The highest BCUT2D eigenvalue weighted by Gasteiger charge is 2.18. The fraction of sp³-hybridized carbons (Fsp3) is 0.238. The maximum atomic E-state index is 12.5. The van der Waals surface area contributed by atoms with Crippen LogP contribution >= 0.6 is 11.3 Å². The van der Waals surface area contributed by atoms with E-state index in [1.54, 1.807) is 11.3 Å². The summed E-state index contributed by atoms with van der Waals surface area (Å²) in [6, 6.07) is 18.6. The van der Waals surface area contributed by atoms with Crippen LogP contribution in [0.1, 0.15) is 23.4 Å². The third-order valence-electron chi connectivity index (χ3n) is 4.60.